The Bertz CT molecular complexity index is 554. The maximum absolute atomic E-state index is 9.87. The molecular formula is C13H15NO2. The molecule has 0 radical (unpaired) electrons. The summed E-state index contributed by atoms with van der Waals surface area (Å²) in [5, 5.41) is 10.7. The Hall–Kier alpha value is -1.64. The van der Waals surface area contributed by atoms with E-state index in [4.69, 9.17) is 4.74 Å². The van der Waals surface area contributed by atoms with Crippen LogP contribution in [-0.2, 0) is 6.42 Å². The molecule has 0 fully saturated rings. The molecule has 1 aromatic heterocycles. The number of fused-ring (bicyclic) bond motifs is 3. The van der Waals surface area contributed by atoms with Gasteiger partial charge in [0, 0.05) is 17.1 Å². The average Bonchev–Trinajstić information content (AvgIpc) is 2.68. The summed E-state index contributed by atoms with van der Waals surface area (Å²) < 4.78 is 6.00. The minimum absolute atomic E-state index is 0.123. The van der Waals surface area contributed by atoms with Gasteiger partial charge >= 0.3 is 0 Å². The third-order valence-electron chi connectivity index (χ3n) is 3.23. The first-order chi connectivity index (χ1) is 7.57. The molecule has 0 saturated heterocycles. The molecule has 0 aliphatic carbocycles. The van der Waals surface area contributed by atoms with Crippen molar-refractivity contribution in [3.63, 3.8) is 0 Å². The van der Waals surface area contributed by atoms with E-state index < -0.39 is 0 Å². The molecule has 3 rings (SSSR count). The molecule has 3 heteroatoms. The van der Waals surface area contributed by atoms with Crippen LogP contribution < -0.4 is 4.74 Å². The first-order valence-corrected chi connectivity index (χ1v) is 5.58. The standard InChI is InChI=1S/C13H15NO2/c1-13(2)5-3-8-7-10(15)9-4-6-14-11(9)12(8)16-13/h4,6-7,14-15H,3,5H2,1-2H3. The monoisotopic (exact) mass is 217 g/mol. The number of hydrogen-bond donors (Lipinski definition) is 2. The Morgan fingerprint density at radius 1 is 1.44 bits per heavy atom. The number of phenols is 1. The molecule has 16 heavy (non-hydrogen) atoms. The normalized spacial score (nSPS) is 18.1. The van der Waals surface area contributed by atoms with Gasteiger partial charge in [0.2, 0.25) is 0 Å². The van der Waals surface area contributed by atoms with Crippen molar-refractivity contribution in [1.82, 2.24) is 4.98 Å². The fraction of sp³-hybridized carbons (Fsp3) is 0.385. The van der Waals surface area contributed by atoms with E-state index in [2.05, 4.69) is 18.8 Å². The first kappa shape index (κ1) is 9.58. The topological polar surface area (TPSA) is 45.2 Å². The van der Waals surface area contributed by atoms with Crippen LogP contribution >= 0.6 is 0 Å². The van der Waals surface area contributed by atoms with Gasteiger partial charge in [-0.25, -0.2) is 0 Å². The maximum Gasteiger partial charge on any atom is 0.147 e. The second-order valence-electron chi connectivity index (χ2n) is 5.01. The highest BCUT2D eigenvalue weighted by molar-refractivity contribution is 5.92. The highest BCUT2D eigenvalue weighted by Gasteiger charge is 2.29. The molecule has 2 heterocycles. The van der Waals surface area contributed by atoms with Crippen molar-refractivity contribution in [3.8, 4) is 11.5 Å². The van der Waals surface area contributed by atoms with Crippen molar-refractivity contribution in [3.05, 3.63) is 23.9 Å². The van der Waals surface area contributed by atoms with Crippen LogP contribution in [0.3, 0.4) is 0 Å². The van der Waals surface area contributed by atoms with Gasteiger partial charge in [-0.15, -0.1) is 0 Å². The smallest absolute Gasteiger partial charge is 0.147 e. The Labute approximate surface area is 94.0 Å². The molecular weight excluding hydrogens is 202 g/mol. The molecule has 0 spiro atoms. The Morgan fingerprint density at radius 3 is 3.06 bits per heavy atom. The number of aromatic nitrogens is 1. The van der Waals surface area contributed by atoms with Gasteiger partial charge in [0.05, 0.1) is 5.52 Å². The lowest BCUT2D eigenvalue weighted by Gasteiger charge is -2.32. The van der Waals surface area contributed by atoms with Crippen LogP contribution in [0.25, 0.3) is 10.9 Å². The number of ether oxygens (including phenoxy) is 1. The first-order valence-electron chi connectivity index (χ1n) is 5.58. The van der Waals surface area contributed by atoms with E-state index in [9.17, 15) is 5.11 Å². The lowest BCUT2D eigenvalue weighted by molar-refractivity contribution is 0.0865. The number of aromatic amines is 1. The highest BCUT2D eigenvalue weighted by Crippen LogP contribution is 2.41. The van der Waals surface area contributed by atoms with Crippen molar-refractivity contribution in [2.75, 3.05) is 0 Å². The summed E-state index contributed by atoms with van der Waals surface area (Å²) in [6, 6.07) is 3.69. The van der Waals surface area contributed by atoms with Crippen LogP contribution in [-0.4, -0.2) is 15.7 Å². The minimum atomic E-state index is -0.123. The van der Waals surface area contributed by atoms with Crippen LogP contribution in [0.2, 0.25) is 0 Å². The summed E-state index contributed by atoms with van der Waals surface area (Å²) in [5.74, 6) is 1.23. The molecule has 1 aromatic carbocycles. The minimum Gasteiger partial charge on any atom is -0.507 e. The molecule has 0 amide bonds. The molecule has 2 N–H and O–H groups in total. The van der Waals surface area contributed by atoms with Crippen LogP contribution in [0.4, 0.5) is 0 Å². The molecule has 1 aliphatic rings. The van der Waals surface area contributed by atoms with Gasteiger partial charge in [-0.2, -0.15) is 0 Å². The maximum atomic E-state index is 9.87. The molecule has 0 atom stereocenters. The van der Waals surface area contributed by atoms with Gasteiger partial charge < -0.3 is 14.8 Å². The van der Waals surface area contributed by atoms with Crippen LogP contribution in [0.5, 0.6) is 11.5 Å². The largest absolute Gasteiger partial charge is 0.507 e. The lowest BCUT2D eigenvalue weighted by Crippen LogP contribution is -2.32. The van der Waals surface area contributed by atoms with Gasteiger partial charge in [0.25, 0.3) is 0 Å². The van der Waals surface area contributed by atoms with Gasteiger partial charge in [-0.05, 0) is 38.8 Å². The SMILES string of the molecule is CC1(C)CCc2cc(O)c3cc[nH]c3c2O1. The number of benzene rings is 1. The summed E-state index contributed by atoms with van der Waals surface area (Å²) in [4.78, 5) is 3.14. The second kappa shape index (κ2) is 2.94. The van der Waals surface area contributed by atoms with Crippen molar-refractivity contribution in [2.24, 2.45) is 0 Å². The quantitative estimate of drug-likeness (QED) is 0.712. The van der Waals surface area contributed by atoms with Crippen molar-refractivity contribution >= 4 is 10.9 Å². The van der Waals surface area contributed by atoms with E-state index >= 15 is 0 Å². The number of aromatic hydroxyl groups is 1. The molecule has 1 aliphatic heterocycles. The van der Waals surface area contributed by atoms with Gasteiger partial charge in [0.1, 0.15) is 17.1 Å². The predicted octanol–water partition coefficient (Wildman–Crippen LogP) is 2.98. The molecule has 0 unspecified atom stereocenters. The second-order valence-corrected chi connectivity index (χ2v) is 5.01. The van der Waals surface area contributed by atoms with E-state index in [0.29, 0.717) is 5.75 Å². The lowest BCUT2D eigenvalue weighted by atomic mass is 9.93. The summed E-state index contributed by atoms with van der Waals surface area (Å²) >= 11 is 0. The van der Waals surface area contributed by atoms with E-state index in [-0.39, 0.29) is 5.60 Å². The fourth-order valence-electron chi connectivity index (χ4n) is 2.30. The summed E-state index contributed by atoms with van der Waals surface area (Å²) in [6.07, 6.45) is 3.76. The van der Waals surface area contributed by atoms with E-state index in [1.165, 1.54) is 0 Å². The molecule has 0 bridgehead atoms. The Kier molecular flexibility index (Phi) is 1.76. The van der Waals surface area contributed by atoms with E-state index in [0.717, 1.165) is 35.1 Å². The van der Waals surface area contributed by atoms with Crippen LogP contribution in [0.15, 0.2) is 18.3 Å². The molecule has 3 nitrogen and oxygen atoms in total. The number of H-pyrrole nitrogens is 1. The molecule has 0 saturated carbocycles. The van der Waals surface area contributed by atoms with Crippen LogP contribution in [0.1, 0.15) is 25.8 Å². The molecule has 2 aromatic rings. The number of nitrogens with one attached hydrogen (secondary N) is 1. The third-order valence-corrected chi connectivity index (χ3v) is 3.23. The van der Waals surface area contributed by atoms with Crippen molar-refractivity contribution in [1.29, 1.82) is 0 Å². The van der Waals surface area contributed by atoms with Crippen molar-refractivity contribution < 1.29 is 9.84 Å². The zero-order valence-electron chi connectivity index (χ0n) is 9.50. The zero-order chi connectivity index (χ0) is 11.3. The van der Waals surface area contributed by atoms with Crippen LogP contribution in [0, 0.1) is 0 Å². The van der Waals surface area contributed by atoms with Gasteiger partial charge in [-0.3, -0.25) is 0 Å². The number of phenolic OH excluding ortho intramolecular Hbond substituents is 1. The average molecular weight is 217 g/mol. The fourth-order valence-corrected chi connectivity index (χ4v) is 2.30. The highest BCUT2D eigenvalue weighted by atomic mass is 16.5. The van der Waals surface area contributed by atoms with Crippen molar-refractivity contribution in [2.45, 2.75) is 32.3 Å². The zero-order valence-corrected chi connectivity index (χ0v) is 9.50. The van der Waals surface area contributed by atoms with E-state index in [1.54, 1.807) is 0 Å². The van der Waals surface area contributed by atoms with Gasteiger partial charge in [0.15, 0.2) is 0 Å². The number of rotatable bonds is 0. The molecule has 84 valence electrons. The third kappa shape index (κ3) is 1.28. The van der Waals surface area contributed by atoms with Gasteiger partial charge in [-0.1, -0.05) is 0 Å². The van der Waals surface area contributed by atoms with E-state index in [1.807, 2.05) is 18.3 Å². The predicted molar refractivity (Wildman–Crippen MR) is 63.0 cm³/mol. The summed E-state index contributed by atoms with van der Waals surface area (Å²) in [6.45, 7) is 4.19. The Balaban J connectivity index is 2.28. The number of hydrogen-bond acceptors (Lipinski definition) is 2. The number of aryl methyl sites for hydroxylation is 1. The summed E-state index contributed by atoms with van der Waals surface area (Å²) in [5.41, 5.74) is 1.87. The summed E-state index contributed by atoms with van der Waals surface area (Å²) in [7, 11) is 0. The Morgan fingerprint density at radius 2 is 2.25 bits per heavy atom.